The third-order valence-corrected chi connectivity index (χ3v) is 10.9. The molecule has 0 saturated heterocycles. The molecule has 0 aliphatic heterocycles. The first-order valence-electron chi connectivity index (χ1n) is 19.1. The highest BCUT2D eigenvalue weighted by Crippen LogP contribution is 2.44. The number of anilines is 6. The monoisotopic (exact) mass is 705 g/mol. The summed E-state index contributed by atoms with van der Waals surface area (Å²) in [7, 11) is 0. The fourth-order valence-corrected chi connectivity index (χ4v) is 8.30. The molecule has 0 N–H and O–H groups in total. The fourth-order valence-electron chi connectivity index (χ4n) is 8.30. The van der Waals surface area contributed by atoms with E-state index in [2.05, 4.69) is 227 Å². The molecule has 9 aromatic carbocycles. The van der Waals surface area contributed by atoms with Gasteiger partial charge < -0.3 is 14.4 Å². The molecule has 0 atom stereocenters. The molecule has 0 bridgehead atoms. The average molecular weight is 706 g/mol. The lowest BCUT2D eigenvalue weighted by molar-refractivity contribution is 0.745. The molecular weight excluding hydrogens is 667 g/mol. The summed E-state index contributed by atoms with van der Waals surface area (Å²) in [5.74, 6) is 0. The normalized spacial score (nSPS) is 11.4. The number of aromatic nitrogens is 1. The van der Waals surface area contributed by atoms with Crippen LogP contribution in [0.25, 0.3) is 43.4 Å². The van der Waals surface area contributed by atoms with Gasteiger partial charge in [0, 0.05) is 61.9 Å². The smallest absolute Gasteiger partial charge is 0.0540 e. The van der Waals surface area contributed by atoms with Crippen LogP contribution in [0.5, 0.6) is 0 Å². The predicted octanol–water partition coefficient (Wildman–Crippen LogP) is 14.3. The summed E-state index contributed by atoms with van der Waals surface area (Å²) in [5, 5.41) is 7.34. The van der Waals surface area contributed by atoms with Gasteiger partial charge >= 0.3 is 0 Å². The number of rotatable bonds is 9. The summed E-state index contributed by atoms with van der Waals surface area (Å²) < 4.78 is 2.51. The zero-order valence-electron chi connectivity index (χ0n) is 30.5. The molecule has 0 amide bonds. The second-order valence-electron chi connectivity index (χ2n) is 14.1. The van der Waals surface area contributed by atoms with Crippen LogP contribution in [0.3, 0.4) is 0 Å². The van der Waals surface area contributed by atoms with Crippen LogP contribution in [0.1, 0.15) is 5.56 Å². The van der Waals surface area contributed by atoms with Gasteiger partial charge in [-0.15, -0.1) is 0 Å². The maximum absolute atomic E-state index is 2.51. The van der Waals surface area contributed by atoms with Gasteiger partial charge in [-0.1, -0.05) is 140 Å². The zero-order chi connectivity index (χ0) is 36.6. The minimum absolute atomic E-state index is 0.875. The van der Waals surface area contributed by atoms with Crippen LogP contribution in [0, 0.1) is 0 Å². The van der Waals surface area contributed by atoms with Crippen LogP contribution < -0.4 is 9.80 Å². The molecule has 55 heavy (non-hydrogen) atoms. The lowest BCUT2D eigenvalue weighted by atomic mass is 10.0. The fraction of sp³-hybridized carbons (Fsp3) is 0.0385. The first-order chi connectivity index (χ1) is 27.3. The molecule has 10 rings (SSSR count). The topological polar surface area (TPSA) is 11.4 Å². The van der Waals surface area contributed by atoms with E-state index in [0.29, 0.717) is 0 Å². The molecule has 1 aromatic heterocycles. The van der Waals surface area contributed by atoms with Gasteiger partial charge in [0.25, 0.3) is 0 Å². The van der Waals surface area contributed by atoms with Crippen molar-refractivity contribution in [3.05, 3.63) is 218 Å². The van der Waals surface area contributed by atoms with Crippen molar-refractivity contribution in [3.8, 4) is 0 Å². The Labute approximate surface area is 321 Å². The zero-order valence-corrected chi connectivity index (χ0v) is 30.5. The van der Waals surface area contributed by atoms with Gasteiger partial charge in [0.05, 0.1) is 11.4 Å². The van der Waals surface area contributed by atoms with E-state index in [1.165, 1.54) is 48.9 Å². The van der Waals surface area contributed by atoms with Gasteiger partial charge in [0.2, 0.25) is 0 Å². The molecule has 0 aliphatic rings. The van der Waals surface area contributed by atoms with Crippen LogP contribution in [-0.2, 0) is 13.0 Å². The van der Waals surface area contributed by atoms with E-state index in [9.17, 15) is 0 Å². The number of fused-ring (bicyclic) bond motifs is 5. The molecule has 3 heteroatoms. The Morgan fingerprint density at radius 2 is 0.745 bits per heavy atom. The first kappa shape index (κ1) is 32.5. The van der Waals surface area contributed by atoms with E-state index >= 15 is 0 Å². The van der Waals surface area contributed by atoms with Gasteiger partial charge in [0.1, 0.15) is 0 Å². The van der Waals surface area contributed by atoms with E-state index in [4.69, 9.17) is 0 Å². The van der Waals surface area contributed by atoms with Crippen molar-refractivity contribution >= 4 is 77.5 Å². The average Bonchev–Trinajstić information content (AvgIpc) is 3.56. The quantitative estimate of drug-likeness (QED) is 0.148. The minimum atomic E-state index is 0.875. The maximum atomic E-state index is 2.51. The molecule has 262 valence electrons. The van der Waals surface area contributed by atoms with Crippen molar-refractivity contribution in [2.75, 3.05) is 9.80 Å². The van der Waals surface area contributed by atoms with Crippen molar-refractivity contribution in [2.45, 2.75) is 13.0 Å². The van der Waals surface area contributed by atoms with Crippen LogP contribution in [0.15, 0.2) is 212 Å². The third-order valence-electron chi connectivity index (χ3n) is 10.9. The Hall–Kier alpha value is -7.10. The van der Waals surface area contributed by atoms with Crippen molar-refractivity contribution in [3.63, 3.8) is 0 Å². The second-order valence-corrected chi connectivity index (χ2v) is 14.1. The van der Waals surface area contributed by atoms with E-state index in [1.807, 2.05) is 0 Å². The van der Waals surface area contributed by atoms with Crippen molar-refractivity contribution in [1.29, 1.82) is 0 Å². The lowest BCUT2D eigenvalue weighted by Crippen LogP contribution is -2.10. The van der Waals surface area contributed by atoms with Crippen molar-refractivity contribution < 1.29 is 0 Å². The number of para-hydroxylation sites is 2. The van der Waals surface area contributed by atoms with Crippen LogP contribution in [0.4, 0.5) is 34.1 Å². The SMILES string of the molecule is c1ccc(CCn2c3ccc(N(c4ccccc4)c4cccc5ccccc45)cc3c3cc(N(c4ccccc4)c4cccc5ccccc45)ccc32)cc1. The molecule has 0 saturated carbocycles. The second kappa shape index (κ2) is 14.0. The summed E-state index contributed by atoms with van der Waals surface area (Å²) in [6.45, 7) is 0.875. The Balaban J connectivity index is 1.21. The van der Waals surface area contributed by atoms with Crippen LogP contribution >= 0.6 is 0 Å². The molecule has 0 radical (unpaired) electrons. The van der Waals surface area contributed by atoms with Gasteiger partial charge in [-0.2, -0.15) is 0 Å². The van der Waals surface area contributed by atoms with E-state index in [1.54, 1.807) is 0 Å². The van der Waals surface area contributed by atoms with Crippen LogP contribution in [0.2, 0.25) is 0 Å². The summed E-state index contributed by atoms with van der Waals surface area (Å²) in [6.07, 6.45) is 0.946. The highest BCUT2D eigenvalue weighted by Gasteiger charge is 2.21. The number of hydrogen-bond donors (Lipinski definition) is 0. The molecule has 10 aromatic rings. The van der Waals surface area contributed by atoms with Gasteiger partial charge in [0.15, 0.2) is 0 Å². The first-order valence-corrected chi connectivity index (χ1v) is 19.1. The summed E-state index contributed by atoms with van der Waals surface area (Å²) in [4.78, 5) is 4.82. The van der Waals surface area contributed by atoms with E-state index < -0.39 is 0 Å². The Morgan fingerprint density at radius 3 is 1.24 bits per heavy atom. The van der Waals surface area contributed by atoms with Crippen LogP contribution in [-0.4, -0.2) is 4.57 Å². The van der Waals surface area contributed by atoms with Crippen molar-refractivity contribution in [1.82, 2.24) is 4.57 Å². The van der Waals surface area contributed by atoms with E-state index in [0.717, 1.165) is 47.1 Å². The molecule has 0 unspecified atom stereocenters. The summed E-state index contributed by atoms with van der Waals surface area (Å²) >= 11 is 0. The van der Waals surface area contributed by atoms with E-state index in [-0.39, 0.29) is 0 Å². The minimum Gasteiger partial charge on any atom is -0.340 e. The molecule has 1 heterocycles. The largest absolute Gasteiger partial charge is 0.340 e. The summed E-state index contributed by atoms with van der Waals surface area (Å²) in [6, 6.07) is 76.9. The Bertz CT molecular complexity index is 2740. The number of benzene rings is 9. The van der Waals surface area contributed by atoms with Gasteiger partial charge in [-0.25, -0.2) is 0 Å². The van der Waals surface area contributed by atoms with Crippen molar-refractivity contribution in [2.24, 2.45) is 0 Å². The van der Waals surface area contributed by atoms with Gasteiger partial charge in [-0.3, -0.25) is 0 Å². The predicted molar refractivity (Wildman–Crippen MR) is 234 cm³/mol. The molecule has 3 nitrogen and oxygen atoms in total. The maximum Gasteiger partial charge on any atom is 0.0540 e. The Kier molecular flexibility index (Phi) is 8.31. The standard InChI is InChI=1S/C52H39N3/c1-4-16-38(17-5-1)34-35-53-49-32-30-43(54(41-22-6-2-7-23-41)51-28-14-20-39-18-10-12-26-45(39)51)36-47(49)48-37-44(31-33-50(48)53)55(42-24-8-3-9-25-42)52-29-15-21-40-19-11-13-27-46(40)52/h1-33,36-37H,34-35H2. The van der Waals surface area contributed by atoms with Gasteiger partial charge in [-0.05, 0) is 95.6 Å². The summed E-state index contributed by atoms with van der Waals surface area (Å²) in [5.41, 5.74) is 10.6. The lowest BCUT2D eigenvalue weighted by Gasteiger charge is -2.27. The third kappa shape index (κ3) is 5.97. The number of aryl methyl sites for hydroxylation is 2. The molecule has 0 aliphatic carbocycles. The molecular formula is C52H39N3. The molecule has 0 spiro atoms. The Morgan fingerprint density at radius 1 is 0.327 bits per heavy atom. The number of nitrogens with zero attached hydrogens (tertiary/aromatic N) is 3. The number of hydrogen-bond acceptors (Lipinski definition) is 2. The molecule has 0 fully saturated rings. The highest BCUT2D eigenvalue weighted by atomic mass is 15.2. The highest BCUT2D eigenvalue weighted by molar-refractivity contribution is 6.12.